The third kappa shape index (κ3) is 7.31. The molecule has 69 heavy (non-hydrogen) atoms. The topological polar surface area (TPSA) is 19.6 Å². The maximum atomic E-state index is 6.38. The second kappa shape index (κ2) is 17.2. The van der Waals surface area contributed by atoms with Gasteiger partial charge in [-0.25, -0.2) is 0 Å². The first-order valence-electron chi connectivity index (χ1n) is 24.1. The normalized spacial score (nSPS) is 16.0. The quantitative estimate of drug-likeness (QED) is 0.144. The summed E-state index contributed by atoms with van der Waals surface area (Å²) in [7, 11) is 0. The van der Waals surface area contributed by atoms with E-state index in [0.29, 0.717) is 5.92 Å². The molecule has 13 rings (SSSR count). The molecule has 1 aliphatic heterocycles. The van der Waals surface area contributed by atoms with E-state index in [4.69, 9.17) is 4.42 Å². The first kappa shape index (κ1) is 40.6. The average Bonchev–Trinajstić information content (AvgIpc) is 3.98. The summed E-state index contributed by atoms with van der Waals surface area (Å²) in [4.78, 5) is 4.98. The number of anilines is 4. The Hall–Kier alpha value is -8.66. The predicted molar refractivity (Wildman–Crippen MR) is 289 cm³/mol. The summed E-state index contributed by atoms with van der Waals surface area (Å²) in [6.07, 6.45) is 15.6. The Morgan fingerprint density at radius 3 is 1.77 bits per heavy atom. The molecule has 10 aromatic rings. The number of rotatable bonds is 9. The van der Waals surface area contributed by atoms with E-state index in [1.807, 2.05) is 12.1 Å². The van der Waals surface area contributed by atoms with Crippen molar-refractivity contribution in [3.63, 3.8) is 0 Å². The lowest BCUT2D eigenvalue weighted by molar-refractivity contribution is 0.670. The Kier molecular flexibility index (Phi) is 10.1. The predicted octanol–water partition coefficient (Wildman–Crippen LogP) is 17.9. The SMILES string of the molecule is C1=CC2c3ccccc3N(c3ccccc3-c3cccc(C4=CC=C(N(c5ccc(-c6ccccc6)cc5)c5ccc(-c6ccc(-c7cccc8c7oc7ccccc78)cc6)cc5)CC4)c3)C2C=C1. The Morgan fingerprint density at radius 2 is 1.00 bits per heavy atom. The van der Waals surface area contributed by atoms with Crippen LogP contribution in [0, 0.1) is 0 Å². The van der Waals surface area contributed by atoms with Crippen molar-refractivity contribution >= 4 is 50.3 Å². The fourth-order valence-corrected chi connectivity index (χ4v) is 11.0. The molecule has 0 saturated heterocycles. The van der Waals surface area contributed by atoms with Gasteiger partial charge in [-0.2, -0.15) is 0 Å². The van der Waals surface area contributed by atoms with Crippen LogP contribution in [-0.2, 0) is 0 Å². The van der Waals surface area contributed by atoms with Crippen LogP contribution in [0.5, 0.6) is 0 Å². The number of hydrogen-bond acceptors (Lipinski definition) is 3. The van der Waals surface area contributed by atoms with Gasteiger partial charge in [-0.3, -0.25) is 0 Å². The standard InChI is InChI=1S/C66H48N2O/c1-2-14-45(15-3-1)47-32-38-53(39-33-47)67(54-40-34-48(35-41-54)46-28-30-50(31-29-46)57-22-13-23-61-60-21-7-11-27-65(60)69-66(57)61)55-42-36-49(37-43-55)51-16-12-17-52(44-51)56-18-4-8-24-62(56)68-63-25-9-5-19-58(63)59-20-6-10-26-64(59)68/h1-36,38-42,44,58,63H,37,43H2. The molecule has 2 unspecified atom stereocenters. The number of hydrogen-bond donors (Lipinski definition) is 0. The smallest absolute Gasteiger partial charge is 0.143 e. The molecule has 3 aliphatic rings. The molecule has 3 nitrogen and oxygen atoms in total. The van der Waals surface area contributed by atoms with Crippen LogP contribution in [-0.4, -0.2) is 6.04 Å². The Bertz CT molecular complexity index is 3670. The van der Waals surface area contributed by atoms with Crippen LogP contribution in [0.1, 0.15) is 29.9 Å². The van der Waals surface area contributed by atoms with Gasteiger partial charge in [0.2, 0.25) is 0 Å². The van der Waals surface area contributed by atoms with Crippen molar-refractivity contribution in [1.82, 2.24) is 0 Å². The molecule has 2 atom stereocenters. The molecule has 9 aromatic carbocycles. The second-order valence-electron chi connectivity index (χ2n) is 18.3. The van der Waals surface area contributed by atoms with Gasteiger partial charge in [-0.15, -0.1) is 0 Å². The Labute approximate surface area is 403 Å². The summed E-state index contributed by atoms with van der Waals surface area (Å²) in [5.74, 6) is 0.341. The van der Waals surface area contributed by atoms with Crippen molar-refractivity contribution in [2.45, 2.75) is 24.8 Å². The minimum atomic E-state index is 0.248. The van der Waals surface area contributed by atoms with Crippen LogP contribution >= 0.6 is 0 Å². The fourth-order valence-electron chi connectivity index (χ4n) is 11.0. The zero-order valence-corrected chi connectivity index (χ0v) is 38.1. The summed E-state index contributed by atoms with van der Waals surface area (Å²) in [6, 6.07) is 79.5. The maximum Gasteiger partial charge on any atom is 0.143 e. The molecule has 2 aliphatic carbocycles. The van der Waals surface area contributed by atoms with Crippen molar-refractivity contribution < 1.29 is 4.42 Å². The van der Waals surface area contributed by atoms with Gasteiger partial charge in [0, 0.05) is 56.3 Å². The molecular formula is C66H48N2O. The molecule has 3 heteroatoms. The number of para-hydroxylation sites is 4. The van der Waals surface area contributed by atoms with Crippen LogP contribution < -0.4 is 9.80 Å². The molecule has 2 heterocycles. The van der Waals surface area contributed by atoms with Gasteiger partial charge < -0.3 is 14.2 Å². The maximum absolute atomic E-state index is 6.38. The monoisotopic (exact) mass is 884 g/mol. The molecule has 1 aromatic heterocycles. The van der Waals surface area contributed by atoms with Gasteiger partial charge in [0.05, 0.1) is 6.04 Å². The molecule has 0 saturated carbocycles. The van der Waals surface area contributed by atoms with E-state index in [-0.39, 0.29) is 6.04 Å². The van der Waals surface area contributed by atoms with E-state index in [1.165, 1.54) is 67.2 Å². The van der Waals surface area contributed by atoms with Crippen LogP contribution in [0.15, 0.2) is 265 Å². The average molecular weight is 885 g/mol. The van der Waals surface area contributed by atoms with Crippen LogP contribution in [0.25, 0.3) is 72.0 Å². The third-order valence-electron chi connectivity index (χ3n) is 14.4. The molecule has 0 bridgehead atoms. The number of fused-ring (bicyclic) bond motifs is 6. The highest BCUT2D eigenvalue weighted by Gasteiger charge is 2.38. The van der Waals surface area contributed by atoms with Crippen molar-refractivity contribution in [1.29, 1.82) is 0 Å². The van der Waals surface area contributed by atoms with E-state index in [2.05, 4.69) is 253 Å². The highest BCUT2D eigenvalue weighted by molar-refractivity contribution is 6.09. The lowest BCUT2D eigenvalue weighted by atomic mass is 9.91. The highest BCUT2D eigenvalue weighted by atomic mass is 16.3. The Morgan fingerprint density at radius 1 is 0.420 bits per heavy atom. The molecule has 0 N–H and O–H groups in total. The third-order valence-corrected chi connectivity index (χ3v) is 14.4. The minimum Gasteiger partial charge on any atom is -0.455 e. The van der Waals surface area contributed by atoms with Gasteiger partial charge in [-0.05, 0) is 118 Å². The largest absolute Gasteiger partial charge is 0.455 e. The van der Waals surface area contributed by atoms with Gasteiger partial charge in [0.1, 0.15) is 11.2 Å². The molecule has 0 radical (unpaired) electrons. The van der Waals surface area contributed by atoms with Crippen LogP contribution in [0.2, 0.25) is 0 Å². The zero-order chi connectivity index (χ0) is 45.7. The highest BCUT2D eigenvalue weighted by Crippen LogP contribution is 2.50. The summed E-state index contributed by atoms with van der Waals surface area (Å²) in [5.41, 5.74) is 21.4. The minimum absolute atomic E-state index is 0.248. The van der Waals surface area contributed by atoms with Crippen LogP contribution in [0.3, 0.4) is 0 Å². The lowest BCUT2D eigenvalue weighted by Crippen LogP contribution is -2.28. The van der Waals surface area contributed by atoms with Crippen molar-refractivity contribution in [3.05, 3.63) is 272 Å². The first-order chi connectivity index (χ1) is 34.2. The Balaban J connectivity index is 0.812. The number of benzene rings is 9. The van der Waals surface area contributed by atoms with E-state index in [0.717, 1.165) is 57.3 Å². The lowest BCUT2D eigenvalue weighted by Gasteiger charge is -2.31. The summed E-state index contributed by atoms with van der Waals surface area (Å²) >= 11 is 0. The van der Waals surface area contributed by atoms with Crippen molar-refractivity contribution in [2.75, 3.05) is 9.80 Å². The molecule has 0 fully saturated rings. The number of allylic oxidation sites excluding steroid dienone is 6. The summed E-state index contributed by atoms with van der Waals surface area (Å²) < 4.78 is 6.38. The first-order valence-corrected chi connectivity index (χ1v) is 24.1. The molecule has 0 spiro atoms. The molecule has 0 amide bonds. The van der Waals surface area contributed by atoms with E-state index in [1.54, 1.807) is 0 Å². The summed E-state index contributed by atoms with van der Waals surface area (Å²) in [6.45, 7) is 0. The van der Waals surface area contributed by atoms with Crippen molar-refractivity contribution in [3.8, 4) is 44.5 Å². The second-order valence-corrected chi connectivity index (χ2v) is 18.3. The zero-order valence-electron chi connectivity index (χ0n) is 38.1. The number of nitrogens with zero attached hydrogens (tertiary/aromatic N) is 2. The fraction of sp³-hybridized carbons (Fsp3) is 0.0606. The summed E-state index contributed by atoms with van der Waals surface area (Å²) in [5, 5.41) is 2.29. The van der Waals surface area contributed by atoms with E-state index < -0.39 is 0 Å². The van der Waals surface area contributed by atoms with Gasteiger partial charge in [0.15, 0.2) is 0 Å². The van der Waals surface area contributed by atoms with E-state index in [9.17, 15) is 0 Å². The van der Waals surface area contributed by atoms with Gasteiger partial charge in [0.25, 0.3) is 0 Å². The molecule has 328 valence electrons. The molecular weight excluding hydrogens is 837 g/mol. The van der Waals surface area contributed by atoms with Crippen molar-refractivity contribution in [2.24, 2.45) is 0 Å². The van der Waals surface area contributed by atoms with E-state index >= 15 is 0 Å². The van der Waals surface area contributed by atoms with Gasteiger partial charge >= 0.3 is 0 Å². The number of furan rings is 1. The van der Waals surface area contributed by atoms with Crippen LogP contribution in [0.4, 0.5) is 22.7 Å². The van der Waals surface area contributed by atoms with Gasteiger partial charge in [-0.1, -0.05) is 200 Å².